The molecular weight excluding hydrogens is 464 g/mol. The topological polar surface area (TPSA) is 87.4 Å². The van der Waals surface area contributed by atoms with Gasteiger partial charge in [-0.25, -0.2) is 21.4 Å². The van der Waals surface area contributed by atoms with E-state index in [2.05, 4.69) is 55.0 Å². The number of nitrogens with zero attached hydrogens (tertiary/aromatic N) is 2. The van der Waals surface area contributed by atoms with Gasteiger partial charge in [-0.15, -0.1) is 0 Å². The van der Waals surface area contributed by atoms with Crippen molar-refractivity contribution in [3.63, 3.8) is 0 Å². The lowest BCUT2D eigenvalue weighted by molar-refractivity contribution is -0.697. The maximum atomic E-state index is 11.5. The van der Waals surface area contributed by atoms with E-state index in [9.17, 15) is 43.2 Å². The third-order valence-corrected chi connectivity index (χ3v) is 6.46. The molecule has 0 radical (unpaired) electrons. The van der Waals surface area contributed by atoms with Gasteiger partial charge in [0.1, 0.15) is 6.54 Å². The maximum absolute atomic E-state index is 11.5. The molecule has 0 aromatic carbocycles. The first kappa shape index (κ1) is 28.4. The molecule has 0 saturated carbocycles. The molecule has 1 rings (SSSR count). The molecule has 0 aliphatic heterocycles. The molecule has 0 atom stereocenters. The lowest BCUT2D eigenvalue weighted by Gasteiger charge is -2.11. The largest absolute Gasteiger partial charge is 0.512 e. The molecule has 0 aliphatic rings. The Balaban J connectivity index is 0.000000561. The van der Waals surface area contributed by atoms with Gasteiger partial charge in [-0.05, 0) is 6.42 Å². The second kappa shape index (κ2) is 11.1. The number of alkyl halides is 6. The molecule has 0 saturated heterocycles. The molecule has 0 fully saturated rings. The summed E-state index contributed by atoms with van der Waals surface area (Å²) in [6.45, 7) is 3.40. The summed E-state index contributed by atoms with van der Waals surface area (Å²) < 4.78 is 111. The number of pyridine rings is 1. The van der Waals surface area contributed by atoms with Gasteiger partial charge in [-0.3, -0.25) is 0 Å². The molecular formula is C15H24F6N3O4S2+. The van der Waals surface area contributed by atoms with Crippen LogP contribution in [-0.2, 0) is 26.6 Å². The summed E-state index contributed by atoms with van der Waals surface area (Å²) in [5.74, 6) is 0. The van der Waals surface area contributed by atoms with Crippen LogP contribution in [0.4, 0.5) is 32.0 Å². The number of hydrogen-bond donors (Lipinski definition) is 1. The van der Waals surface area contributed by atoms with Crippen LogP contribution in [0.3, 0.4) is 0 Å². The van der Waals surface area contributed by atoms with Crippen molar-refractivity contribution in [3.8, 4) is 0 Å². The Morgan fingerprint density at radius 2 is 1.30 bits per heavy atom. The van der Waals surface area contributed by atoms with Crippen molar-refractivity contribution in [2.24, 2.45) is 0 Å². The molecule has 0 amide bonds. The van der Waals surface area contributed by atoms with Gasteiger partial charge in [0.15, 0.2) is 12.4 Å². The molecule has 0 unspecified atom stereocenters. The molecule has 15 heteroatoms. The second-order valence-corrected chi connectivity index (χ2v) is 9.84. The number of nitrogens with one attached hydrogen (secondary N) is 1. The number of sulfonamides is 2. The Bertz CT molecular complexity index is 810. The Kier molecular flexibility index (Phi) is 10.5. The average molecular weight is 488 g/mol. The van der Waals surface area contributed by atoms with Crippen LogP contribution in [0.25, 0.3) is 0 Å². The summed E-state index contributed by atoms with van der Waals surface area (Å²) in [7, 11) is -9.05. The first-order chi connectivity index (χ1) is 13.4. The van der Waals surface area contributed by atoms with Crippen LogP contribution in [0.15, 0.2) is 24.5 Å². The Morgan fingerprint density at radius 1 is 0.867 bits per heavy atom. The number of rotatable bonds is 8. The first-order valence-electron chi connectivity index (χ1n) is 8.52. The Labute approximate surface area is 171 Å². The highest BCUT2D eigenvalue weighted by Crippen LogP contribution is 2.27. The number of aryl methyl sites for hydroxylation is 1. The van der Waals surface area contributed by atoms with Crippen LogP contribution in [-0.4, -0.2) is 41.9 Å². The van der Waals surface area contributed by atoms with E-state index in [0.717, 1.165) is 6.54 Å². The number of hydrogen-bond acceptors (Lipinski definition) is 5. The highest BCUT2D eigenvalue weighted by atomic mass is 32.3. The summed E-state index contributed by atoms with van der Waals surface area (Å²) in [6.07, 6.45) is 9.64. The molecule has 0 bridgehead atoms. The summed E-state index contributed by atoms with van der Waals surface area (Å²) >= 11 is 0. The zero-order valence-corrected chi connectivity index (χ0v) is 18.1. The van der Waals surface area contributed by atoms with E-state index < -0.39 is 35.2 Å². The molecule has 7 nitrogen and oxygen atoms in total. The second-order valence-electron chi connectivity index (χ2n) is 6.23. The van der Waals surface area contributed by atoms with Crippen molar-refractivity contribution < 1.29 is 47.7 Å². The quantitative estimate of drug-likeness (QED) is 0.346. The lowest BCUT2D eigenvalue weighted by Crippen LogP contribution is -2.45. The summed E-state index contributed by atoms with van der Waals surface area (Å²) in [4.78, 5) is 2.13. The average Bonchev–Trinajstić information content (AvgIpc) is 2.57. The predicted molar refractivity (Wildman–Crippen MR) is 98.2 cm³/mol. The van der Waals surface area contributed by atoms with E-state index >= 15 is 0 Å². The highest BCUT2D eigenvalue weighted by Gasteiger charge is 2.55. The maximum Gasteiger partial charge on any atom is 0.512 e. The predicted octanol–water partition coefficient (Wildman–Crippen LogP) is 2.90. The summed E-state index contributed by atoms with van der Waals surface area (Å²) in [5, 5.41) is 0. The van der Waals surface area contributed by atoms with Gasteiger partial charge in [0, 0.05) is 38.3 Å². The Hall–Kier alpha value is -1.61. The summed E-state index contributed by atoms with van der Waals surface area (Å²) in [5.41, 5.74) is -11.0. The first-order valence-corrected chi connectivity index (χ1v) is 11.5. The molecule has 176 valence electrons. The summed E-state index contributed by atoms with van der Waals surface area (Å²) in [6, 6.07) is 4.33. The lowest BCUT2D eigenvalue weighted by atomic mass is 10.2. The number of aromatic nitrogens is 1. The van der Waals surface area contributed by atoms with Crippen molar-refractivity contribution >= 4 is 25.7 Å². The van der Waals surface area contributed by atoms with Crippen molar-refractivity contribution in [1.82, 2.24) is 4.13 Å². The van der Waals surface area contributed by atoms with Crippen LogP contribution < -0.4 is 13.6 Å². The fourth-order valence-corrected chi connectivity index (χ4v) is 3.77. The molecule has 0 spiro atoms. The van der Waals surface area contributed by atoms with Gasteiger partial charge in [-0.1, -0.05) is 23.9 Å². The fourth-order valence-electron chi connectivity index (χ4n) is 1.86. The molecule has 1 N–H and O–H groups in total. The van der Waals surface area contributed by atoms with E-state index in [4.69, 9.17) is 0 Å². The van der Waals surface area contributed by atoms with Gasteiger partial charge in [0.2, 0.25) is 0 Å². The van der Waals surface area contributed by atoms with E-state index in [0.29, 0.717) is 0 Å². The van der Waals surface area contributed by atoms with E-state index in [1.165, 1.54) is 31.4 Å². The van der Waals surface area contributed by atoms with Crippen LogP contribution in [0, 0.1) is 0 Å². The van der Waals surface area contributed by atoms with Crippen molar-refractivity contribution in [2.75, 3.05) is 19.0 Å². The van der Waals surface area contributed by atoms with E-state index in [1.807, 2.05) is 0 Å². The SMILES string of the molecule is CCCCCC[n+]1ccc(N(C)C)cc1.O=S(=O)(NS(=O)(=O)C(F)(F)F)C(F)(F)F. The number of anilines is 1. The number of halogens is 6. The van der Waals surface area contributed by atoms with Crippen molar-refractivity contribution in [1.29, 1.82) is 0 Å². The Morgan fingerprint density at radius 3 is 1.63 bits per heavy atom. The van der Waals surface area contributed by atoms with Gasteiger partial charge in [0.05, 0.1) is 0 Å². The van der Waals surface area contributed by atoms with Crippen molar-refractivity contribution in [3.05, 3.63) is 24.5 Å². The van der Waals surface area contributed by atoms with Crippen molar-refractivity contribution in [2.45, 2.75) is 50.2 Å². The third-order valence-electron chi connectivity index (χ3n) is 3.49. The molecule has 0 aliphatic carbocycles. The van der Waals surface area contributed by atoms with Crippen LogP contribution in [0.5, 0.6) is 0 Å². The zero-order chi connectivity index (χ0) is 23.8. The molecule has 1 heterocycles. The monoisotopic (exact) mass is 488 g/mol. The normalized spacial score (nSPS) is 12.8. The fraction of sp³-hybridized carbons (Fsp3) is 0.667. The van der Waals surface area contributed by atoms with Gasteiger partial charge < -0.3 is 4.90 Å². The minimum Gasteiger partial charge on any atom is -0.377 e. The van der Waals surface area contributed by atoms with Gasteiger partial charge >= 0.3 is 31.1 Å². The van der Waals surface area contributed by atoms with Crippen LogP contribution in [0.1, 0.15) is 32.6 Å². The van der Waals surface area contributed by atoms with Gasteiger partial charge in [0.25, 0.3) is 0 Å². The van der Waals surface area contributed by atoms with Gasteiger partial charge in [-0.2, -0.15) is 26.3 Å². The number of unbranched alkanes of at least 4 members (excludes halogenated alkanes) is 3. The standard InChI is InChI=1S/C13H23N2.C2HF6NO4S2/c1-4-5-6-7-10-15-11-8-13(9-12-15)14(2)3;3-1(4,5)14(10,11)9-15(12,13)2(6,7)8/h8-9,11-12H,4-7,10H2,1-3H3;9H/q+1;. The molecule has 1 aromatic rings. The molecule has 30 heavy (non-hydrogen) atoms. The zero-order valence-electron chi connectivity index (χ0n) is 16.5. The molecule has 1 aromatic heterocycles. The minimum atomic E-state index is -6.60. The van der Waals surface area contributed by atoms with Crippen LogP contribution >= 0.6 is 0 Å². The van der Waals surface area contributed by atoms with Crippen LogP contribution in [0.2, 0.25) is 0 Å². The van der Waals surface area contributed by atoms with E-state index in [1.54, 1.807) is 0 Å². The minimum absolute atomic E-state index is 0.493. The smallest absolute Gasteiger partial charge is 0.377 e. The van der Waals surface area contributed by atoms with E-state index in [-0.39, 0.29) is 0 Å². The third kappa shape index (κ3) is 9.47. The highest BCUT2D eigenvalue weighted by molar-refractivity contribution is 8.05.